The fourth-order valence-electron chi connectivity index (χ4n) is 3.45. The van der Waals surface area contributed by atoms with Gasteiger partial charge in [0.2, 0.25) is 5.78 Å². The first kappa shape index (κ1) is 30.0. The Morgan fingerprint density at radius 2 is 1.76 bits per heavy atom. The van der Waals surface area contributed by atoms with Gasteiger partial charge in [0.1, 0.15) is 22.9 Å². The number of hydrogen-bond acceptors (Lipinski definition) is 10. The second kappa shape index (κ2) is 12.6. The minimum Gasteiger partial charge on any atom is -0.811 e. The van der Waals surface area contributed by atoms with E-state index in [-0.39, 0.29) is 71.5 Å². The first-order valence-corrected chi connectivity index (χ1v) is 13.2. The van der Waals surface area contributed by atoms with Gasteiger partial charge >= 0.3 is 59.1 Å². The fourth-order valence-corrected chi connectivity index (χ4v) is 4.25. The first-order chi connectivity index (χ1) is 16.8. The zero-order valence-corrected chi connectivity index (χ0v) is 25.9. The molecular formula is C21H16FN8Na2O3PS. The molecule has 0 radical (unpaired) electrons. The van der Waals surface area contributed by atoms with E-state index in [1.54, 1.807) is 41.1 Å². The van der Waals surface area contributed by atoms with Crippen LogP contribution in [0.4, 0.5) is 4.39 Å². The summed E-state index contributed by atoms with van der Waals surface area (Å²) in [5.74, 6) is -0.0149. The summed E-state index contributed by atoms with van der Waals surface area (Å²) in [5, 5.41) is 8.48. The summed E-state index contributed by atoms with van der Waals surface area (Å²) in [6.07, 6.45) is 6.24. The van der Waals surface area contributed by atoms with Gasteiger partial charge in [-0.3, -0.25) is 9.08 Å². The SMILES string of the molecule is CSc1nccc(-c2c(-c3ccc(F)cc3)nc3nc(-c4cn(CCP(=O)([O-])[O-])nn4)ccn23)n1.[Na+].[Na+]. The first-order valence-electron chi connectivity index (χ1n) is 10.2. The molecule has 5 aromatic rings. The third-order valence-electron chi connectivity index (χ3n) is 5.07. The number of aromatic nitrogens is 8. The van der Waals surface area contributed by atoms with E-state index in [2.05, 4.69) is 25.3 Å². The van der Waals surface area contributed by atoms with Crippen molar-refractivity contribution in [3.63, 3.8) is 0 Å². The summed E-state index contributed by atoms with van der Waals surface area (Å²) in [6.45, 7) is -0.104. The van der Waals surface area contributed by atoms with E-state index in [9.17, 15) is 18.7 Å². The molecule has 0 bridgehead atoms. The van der Waals surface area contributed by atoms with Crippen LogP contribution in [0.15, 0.2) is 60.1 Å². The van der Waals surface area contributed by atoms with Gasteiger partial charge in [-0.2, -0.15) is 0 Å². The van der Waals surface area contributed by atoms with Crippen LogP contribution in [-0.4, -0.2) is 51.7 Å². The van der Waals surface area contributed by atoms with Crippen molar-refractivity contribution in [1.82, 2.24) is 39.3 Å². The van der Waals surface area contributed by atoms with Gasteiger partial charge in [-0.1, -0.05) is 24.6 Å². The van der Waals surface area contributed by atoms with Crippen LogP contribution < -0.4 is 68.9 Å². The van der Waals surface area contributed by atoms with E-state index >= 15 is 0 Å². The van der Waals surface area contributed by atoms with Gasteiger partial charge in [-0.05, 0) is 48.8 Å². The molecule has 4 heterocycles. The molecule has 11 nitrogen and oxygen atoms in total. The van der Waals surface area contributed by atoms with Gasteiger partial charge in [-0.15, -0.1) is 5.10 Å². The third kappa shape index (κ3) is 6.93. The second-order valence-electron chi connectivity index (χ2n) is 7.43. The third-order valence-corrected chi connectivity index (χ3v) is 6.38. The molecule has 0 saturated heterocycles. The van der Waals surface area contributed by atoms with Crippen LogP contribution in [0, 0.1) is 5.82 Å². The number of halogens is 1. The Kier molecular flexibility index (Phi) is 10.2. The van der Waals surface area contributed by atoms with E-state index < -0.39 is 13.8 Å². The Bertz CT molecular complexity index is 1580. The van der Waals surface area contributed by atoms with Crippen molar-refractivity contribution in [2.75, 3.05) is 12.4 Å². The van der Waals surface area contributed by atoms with Crippen LogP contribution in [0.25, 0.3) is 39.8 Å². The van der Waals surface area contributed by atoms with Crippen molar-refractivity contribution in [1.29, 1.82) is 0 Å². The zero-order chi connectivity index (χ0) is 24.6. The normalized spacial score (nSPS) is 11.2. The van der Waals surface area contributed by atoms with Crippen molar-refractivity contribution in [3.05, 3.63) is 60.8 Å². The molecule has 0 aliphatic carbocycles. The molecule has 0 aliphatic rings. The molecule has 37 heavy (non-hydrogen) atoms. The summed E-state index contributed by atoms with van der Waals surface area (Å²) >= 11 is 1.41. The average Bonchev–Trinajstić information content (AvgIpc) is 3.47. The minimum absolute atomic E-state index is 0. The quantitative estimate of drug-likeness (QED) is 0.0838. The van der Waals surface area contributed by atoms with Gasteiger partial charge in [0.05, 0.1) is 17.6 Å². The Balaban J connectivity index is 0.00000190. The molecule has 0 fully saturated rings. The molecule has 0 amide bonds. The number of fused-ring (bicyclic) bond motifs is 1. The molecule has 0 saturated carbocycles. The van der Waals surface area contributed by atoms with Gasteiger partial charge in [0.25, 0.3) is 0 Å². The maximum absolute atomic E-state index is 13.6. The van der Waals surface area contributed by atoms with E-state index in [0.717, 1.165) is 0 Å². The number of hydrogen-bond donors (Lipinski definition) is 0. The Morgan fingerprint density at radius 1 is 1.00 bits per heavy atom. The van der Waals surface area contributed by atoms with Crippen LogP contribution in [0.3, 0.4) is 0 Å². The Hall–Kier alpha value is -1.51. The summed E-state index contributed by atoms with van der Waals surface area (Å²) in [5.41, 5.74) is 3.36. The van der Waals surface area contributed by atoms with Gasteiger partial charge in [0, 0.05) is 24.5 Å². The Labute approximate surface area is 259 Å². The summed E-state index contributed by atoms with van der Waals surface area (Å²) in [7, 11) is -4.65. The molecule has 0 unspecified atom stereocenters. The number of nitrogens with zero attached hydrogens (tertiary/aromatic N) is 8. The molecule has 4 aromatic heterocycles. The summed E-state index contributed by atoms with van der Waals surface area (Å²) in [4.78, 5) is 39.9. The van der Waals surface area contributed by atoms with Crippen LogP contribution in [0.1, 0.15) is 0 Å². The topological polar surface area (TPSA) is 150 Å². The molecule has 16 heteroatoms. The smallest absolute Gasteiger partial charge is 0.811 e. The van der Waals surface area contributed by atoms with Gasteiger partial charge in [0.15, 0.2) is 5.16 Å². The monoisotopic (exact) mass is 556 g/mol. The van der Waals surface area contributed by atoms with Crippen LogP contribution in [0.2, 0.25) is 0 Å². The number of imidazole rings is 1. The predicted octanol–water partition coefficient (Wildman–Crippen LogP) is -4.11. The minimum atomic E-state index is -4.65. The fraction of sp³-hybridized carbons (Fsp3) is 0.143. The maximum Gasteiger partial charge on any atom is 1.00 e. The number of aryl methyl sites for hydroxylation is 1. The van der Waals surface area contributed by atoms with Crippen LogP contribution >= 0.6 is 19.4 Å². The zero-order valence-electron chi connectivity index (χ0n) is 20.1. The largest absolute Gasteiger partial charge is 1.00 e. The van der Waals surface area contributed by atoms with Crippen LogP contribution in [-0.2, 0) is 11.1 Å². The van der Waals surface area contributed by atoms with E-state index in [4.69, 9.17) is 4.98 Å². The van der Waals surface area contributed by atoms with Crippen molar-refractivity contribution < 1.29 is 77.9 Å². The van der Waals surface area contributed by atoms with E-state index in [0.29, 0.717) is 45.0 Å². The number of thioether (sulfide) groups is 1. The summed E-state index contributed by atoms with van der Waals surface area (Å²) < 4.78 is 27.5. The number of benzene rings is 1. The molecule has 1 aromatic carbocycles. The van der Waals surface area contributed by atoms with Gasteiger partial charge < -0.3 is 14.4 Å². The van der Waals surface area contributed by atoms with Crippen molar-refractivity contribution in [2.45, 2.75) is 11.7 Å². The molecule has 5 rings (SSSR count). The molecule has 178 valence electrons. The molecule has 0 spiro atoms. The maximum atomic E-state index is 13.6. The van der Waals surface area contributed by atoms with Crippen molar-refractivity contribution >= 4 is 25.1 Å². The second-order valence-corrected chi connectivity index (χ2v) is 9.87. The van der Waals surface area contributed by atoms with Crippen LogP contribution in [0.5, 0.6) is 0 Å². The molecular weight excluding hydrogens is 540 g/mol. The molecule has 0 N–H and O–H groups in total. The predicted molar refractivity (Wildman–Crippen MR) is 123 cm³/mol. The Morgan fingerprint density at radius 3 is 2.46 bits per heavy atom. The average molecular weight is 556 g/mol. The number of rotatable bonds is 7. The van der Waals surface area contributed by atoms with Gasteiger partial charge in [-0.25, -0.2) is 24.3 Å². The molecule has 0 aliphatic heterocycles. The van der Waals surface area contributed by atoms with E-state index in [1.807, 2.05) is 6.26 Å². The standard InChI is InChI=1S/C21H18FN8O3PS.2Na/c1-35-21-23-8-6-16(25-21)19-18(13-2-4-14(22)5-3-13)26-20-24-15(7-9-30(19)20)17-12-29(28-27-17)10-11-34(31,32)33;;/h2-9,12H,10-11H2,1H3,(H2,31,32,33);;/q;2*+1/p-2. The van der Waals surface area contributed by atoms with Crippen molar-refractivity contribution in [2.24, 2.45) is 0 Å². The van der Waals surface area contributed by atoms with E-state index in [1.165, 1.54) is 34.8 Å². The van der Waals surface area contributed by atoms with Crippen molar-refractivity contribution in [3.8, 4) is 34.0 Å². The summed E-state index contributed by atoms with van der Waals surface area (Å²) in [6, 6.07) is 9.46. The molecule has 0 atom stereocenters.